The van der Waals surface area contributed by atoms with Gasteiger partial charge in [0.05, 0.1) is 7.11 Å². The van der Waals surface area contributed by atoms with Gasteiger partial charge in [0.15, 0.2) is 0 Å². The first-order valence-corrected chi connectivity index (χ1v) is 9.16. The van der Waals surface area contributed by atoms with Crippen LogP contribution in [0.2, 0.25) is 5.02 Å². The number of halogens is 1. The molecule has 2 aromatic carbocycles. The molecule has 3 aromatic rings. The third-order valence-electron chi connectivity index (χ3n) is 4.07. The van der Waals surface area contributed by atoms with Gasteiger partial charge in [0.25, 0.3) is 5.91 Å². The minimum atomic E-state index is -0.254. The van der Waals surface area contributed by atoms with E-state index in [9.17, 15) is 4.79 Å². The first-order chi connectivity index (χ1) is 13.5. The molecule has 0 spiro atoms. The highest BCUT2D eigenvalue weighted by atomic mass is 35.5. The monoisotopic (exact) mass is 396 g/mol. The Hall–Kier alpha value is -3.12. The van der Waals surface area contributed by atoms with Crippen LogP contribution in [0.5, 0.6) is 5.75 Å². The van der Waals surface area contributed by atoms with Gasteiger partial charge in [0.2, 0.25) is 0 Å². The lowest BCUT2D eigenvalue weighted by atomic mass is 10.2. The van der Waals surface area contributed by atoms with Crippen LogP contribution in [-0.4, -0.2) is 23.0 Å². The first-order valence-electron chi connectivity index (χ1n) is 8.78. The molecule has 0 unspecified atom stereocenters. The Bertz CT molecular complexity index is 944. The van der Waals surface area contributed by atoms with Gasteiger partial charge in [-0.15, -0.1) is 0 Å². The van der Waals surface area contributed by atoms with E-state index < -0.39 is 0 Å². The number of nitrogens with one attached hydrogen (secondary N) is 2. The van der Waals surface area contributed by atoms with Crippen LogP contribution in [0.3, 0.4) is 0 Å². The lowest BCUT2D eigenvalue weighted by molar-refractivity contribution is 0.0945. The molecular formula is C21H21ClN4O2. The molecule has 0 fully saturated rings. The number of benzene rings is 2. The van der Waals surface area contributed by atoms with Gasteiger partial charge in [-0.3, -0.25) is 4.79 Å². The molecule has 3 rings (SSSR count). The number of hydrogen-bond acceptors (Lipinski definition) is 5. The lowest BCUT2D eigenvalue weighted by Gasteiger charge is -2.10. The molecule has 7 heteroatoms. The number of rotatable bonds is 7. The van der Waals surface area contributed by atoms with Crippen LogP contribution in [-0.2, 0) is 13.1 Å². The molecule has 0 atom stereocenters. The Labute approximate surface area is 168 Å². The fourth-order valence-corrected chi connectivity index (χ4v) is 2.71. The first kappa shape index (κ1) is 19.6. The van der Waals surface area contributed by atoms with Crippen LogP contribution >= 0.6 is 11.6 Å². The van der Waals surface area contributed by atoms with Crippen molar-refractivity contribution in [2.24, 2.45) is 0 Å². The van der Waals surface area contributed by atoms with Crippen molar-refractivity contribution in [1.29, 1.82) is 0 Å². The lowest BCUT2D eigenvalue weighted by Crippen LogP contribution is -2.24. The molecule has 0 aliphatic heterocycles. The largest absolute Gasteiger partial charge is 0.497 e. The number of methoxy groups -OCH3 is 1. The maximum atomic E-state index is 12.5. The Balaban J connectivity index is 1.62. The fourth-order valence-electron chi connectivity index (χ4n) is 2.59. The SMILES string of the molecule is COc1ccc(CNC(=O)c2cc(NCc3ccc(Cl)cc3)nc(C)n2)cc1. The topological polar surface area (TPSA) is 76.1 Å². The van der Waals surface area contributed by atoms with E-state index >= 15 is 0 Å². The minimum Gasteiger partial charge on any atom is -0.497 e. The number of anilines is 1. The highest BCUT2D eigenvalue weighted by molar-refractivity contribution is 6.30. The van der Waals surface area contributed by atoms with Gasteiger partial charge in [-0.2, -0.15) is 0 Å². The maximum absolute atomic E-state index is 12.5. The molecule has 6 nitrogen and oxygen atoms in total. The van der Waals surface area contributed by atoms with Crippen LogP contribution in [0.4, 0.5) is 5.82 Å². The van der Waals surface area contributed by atoms with Crippen LogP contribution in [0.1, 0.15) is 27.4 Å². The minimum absolute atomic E-state index is 0.254. The number of ether oxygens (including phenoxy) is 1. The summed E-state index contributed by atoms with van der Waals surface area (Å²) in [5.41, 5.74) is 2.35. The summed E-state index contributed by atoms with van der Waals surface area (Å²) in [7, 11) is 1.62. The summed E-state index contributed by atoms with van der Waals surface area (Å²) in [6, 6.07) is 16.7. The molecule has 0 radical (unpaired) electrons. The van der Waals surface area contributed by atoms with E-state index in [0.717, 1.165) is 16.9 Å². The number of nitrogens with zero attached hydrogens (tertiary/aromatic N) is 2. The third-order valence-corrected chi connectivity index (χ3v) is 4.32. The Morgan fingerprint density at radius 2 is 1.64 bits per heavy atom. The normalized spacial score (nSPS) is 10.4. The number of amides is 1. The number of carbonyl (C=O) groups is 1. The predicted octanol–water partition coefficient (Wildman–Crippen LogP) is 3.99. The predicted molar refractivity (Wildman–Crippen MR) is 110 cm³/mol. The zero-order valence-corrected chi connectivity index (χ0v) is 16.5. The maximum Gasteiger partial charge on any atom is 0.270 e. The Morgan fingerprint density at radius 3 is 2.32 bits per heavy atom. The van der Waals surface area contributed by atoms with Gasteiger partial charge in [-0.1, -0.05) is 35.9 Å². The third kappa shape index (κ3) is 5.44. The summed E-state index contributed by atoms with van der Waals surface area (Å²) in [5, 5.41) is 6.78. The van der Waals surface area contributed by atoms with E-state index in [1.54, 1.807) is 20.1 Å². The van der Waals surface area contributed by atoms with Gasteiger partial charge in [0.1, 0.15) is 23.1 Å². The van der Waals surface area contributed by atoms with Crippen molar-refractivity contribution in [3.63, 3.8) is 0 Å². The second-order valence-electron chi connectivity index (χ2n) is 6.20. The van der Waals surface area contributed by atoms with Gasteiger partial charge < -0.3 is 15.4 Å². The van der Waals surface area contributed by atoms with E-state index in [4.69, 9.17) is 16.3 Å². The van der Waals surface area contributed by atoms with Gasteiger partial charge >= 0.3 is 0 Å². The zero-order valence-electron chi connectivity index (χ0n) is 15.7. The van der Waals surface area contributed by atoms with E-state index in [2.05, 4.69) is 20.6 Å². The van der Waals surface area contributed by atoms with Crippen molar-refractivity contribution in [2.75, 3.05) is 12.4 Å². The van der Waals surface area contributed by atoms with Crippen LogP contribution in [0.25, 0.3) is 0 Å². The Kier molecular flexibility index (Phi) is 6.45. The highest BCUT2D eigenvalue weighted by Crippen LogP contribution is 2.13. The van der Waals surface area contributed by atoms with Crippen LogP contribution in [0, 0.1) is 6.92 Å². The van der Waals surface area contributed by atoms with Crippen LogP contribution in [0.15, 0.2) is 54.6 Å². The molecule has 0 saturated heterocycles. The number of carbonyl (C=O) groups excluding carboxylic acids is 1. The molecule has 28 heavy (non-hydrogen) atoms. The smallest absolute Gasteiger partial charge is 0.270 e. The summed E-state index contributed by atoms with van der Waals surface area (Å²) >= 11 is 5.90. The summed E-state index contributed by atoms with van der Waals surface area (Å²) in [5.74, 6) is 1.64. The quantitative estimate of drug-likeness (QED) is 0.631. The summed E-state index contributed by atoms with van der Waals surface area (Å²) in [6.07, 6.45) is 0. The molecule has 1 aromatic heterocycles. The van der Waals surface area contributed by atoms with Crippen molar-refractivity contribution in [1.82, 2.24) is 15.3 Å². The number of aryl methyl sites for hydroxylation is 1. The molecule has 1 heterocycles. The second kappa shape index (κ2) is 9.19. The molecule has 2 N–H and O–H groups in total. The van der Waals surface area contributed by atoms with Crippen LogP contribution < -0.4 is 15.4 Å². The van der Waals surface area contributed by atoms with E-state index in [1.807, 2.05) is 48.5 Å². The van der Waals surface area contributed by atoms with E-state index in [1.165, 1.54) is 0 Å². The molecule has 0 bridgehead atoms. The van der Waals surface area contributed by atoms with Crippen molar-refractivity contribution >= 4 is 23.3 Å². The van der Waals surface area contributed by atoms with Gasteiger partial charge in [-0.05, 0) is 42.3 Å². The summed E-state index contributed by atoms with van der Waals surface area (Å²) in [4.78, 5) is 21.1. The van der Waals surface area contributed by atoms with Crippen molar-refractivity contribution in [2.45, 2.75) is 20.0 Å². The second-order valence-corrected chi connectivity index (χ2v) is 6.63. The van der Waals surface area contributed by atoms with Gasteiger partial charge in [-0.25, -0.2) is 9.97 Å². The molecule has 0 saturated carbocycles. The number of aromatic nitrogens is 2. The molecule has 0 aliphatic carbocycles. The zero-order chi connectivity index (χ0) is 19.9. The number of hydrogen-bond donors (Lipinski definition) is 2. The van der Waals surface area contributed by atoms with Crippen molar-refractivity contribution in [3.05, 3.63) is 82.3 Å². The highest BCUT2D eigenvalue weighted by Gasteiger charge is 2.10. The average Bonchev–Trinajstić information content (AvgIpc) is 2.71. The van der Waals surface area contributed by atoms with E-state index in [-0.39, 0.29) is 5.91 Å². The van der Waals surface area contributed by atoms with Crippen molar-refractivity contribution < 1.29 is 9.53 Å². The molecule has 1 amide bonds. The molecular weight excluding hydrogens is 376 g/mol. The van der Waals surface area contributed by atoms with E-state index in [0.29, 0.717) is 35.4 Å². The fraction of sp³-hybridized carbons (Fsp3) is 0.190. The van der Waals surface area contributed by atoms with Crippen molar-refractivity contribution in [3.8, 4) is 5.75 Å². The standard InChI is InChI=1S/C21H21ClN4O2/c1-14-25-19(21(27)24-13-16-5-9-18(28-2)10-6-16)11-20(26-14)23-12-15-3-7-17(22)8-4-15/h3-11H,12-13H2,1-2H3,(H,24,27)(H,23,25,26). The summed E-state index contributed by atoms with van der Waals surface area (Å²) in [6.45, 7) is 2.73. The van der Waals surface area contributed by atoms with Gasteiger partial charge in [0, 0.05) is 24.2 Å². The Morgan fingerprint density at radius 1 is 1.00 bits per heavy atom. The summed E-state index contributed by atoms with van der Waals surface area (Å²) < 4.78 is 5.13. The molecule has 144 valence electrons. The average molecular weight is 397 g/mol. The molecule has 0 aliphatic rings.